The van der Waals surface area contributed by atoms with Gasteiger partial charge in [-0.15, -0.1) is 0 Å². The number of ether oxygens (including phenoxy) is 1. The van der Waals surface area contributed by atoms with Crippen molar-refractivity contribution in [2.45, 2.75) is 32.1 Å². The largest absolute Gasteiger partial charge is 0.380 e. The van der Waals surface area contributed by atoms with Crippen LogP contribution in [0.1, 0.15) is 40.6 Å². The molecule has 1 aliphatic heterocycles. The van der Waals surface area contributed by atoms with E-state index in [-0.39, 0.29) is 51.3 Å². The molecular formula is C31H26ClF2N3O3. The zero-order valence-electron chi connectivity index (χ0n) is 21.9. The average Bonchev–Trinajstić information content (AvgIpc) is 3.69. The Morgan fingerprint density at radius 3 is 2.52 bits per heavy atom. The van der Waals surface area contributed by atoms with Crippen LogP contribution in [0.15, 0.2) is 65.6 Å². The molecule has 1 aliphatic carbocycles. The lowest BCUT2D eigenvalue weighted by Crippen LogP contribution is -2.38. The predicted molar refractivity (Wildman–Crippen MR) is 149 cm³/mol. The number of nitrogens with zero attached hydrogens (tertiary/aromatic N) is 2. The van der Waals surface area contributed by atoms with Gasteiger partial charge in [0.2, 0.25) is 5.91 Å². The highest BCUT2D eigenvalue weighted by atomic mass is 35.5. The summed E-state index contributed by atoms with van der Waals surface area (Å²) < 4.78 is 35.4. The van der Waals surface area contributed by atoms with Crippen molar-refractivity contribution in [3.63, 3.8) is 0 Å². The van der Waals surface area contributed by atoms with E-state index in [1.54, 1.807) is 36.5 Å². The van der Waals surface area contributed by atoms with Crippen molar-refractivity contribution in [3.05, 3.63) is 110 Å². The molecular weight excluding hydrogens is 536 g/mol. The number of aromatic nitrogens is 2. The Kier molecular flexibility index (Phi) is 6.76. The van der Waals surface area contributed by atoms with E-state index >= 15 is 4.39 Å². The monoisotopic (exact) mass is 561 g/mol. The van der Waals surface area contributed by atoms with Gasteiger partial charge in [-0.3, -0.25) is 19.1 Å². The summed E-state index contributed by atoms with van der Waals surface area (Å²) in [5.74, 6) is -1.24. The molecule has 1 saturated heterocycles. The van der Waals surface area contributed by atoms with Gasteiger partial charge < -0.3 is 10.1 Å². The minimum atomic E-state index is -0.614. The lowest BCUT2D eigenvalue weighted by Gasteiger charge is -2.24. The molecule has 0 spiro atoms. The number of nitrogens with one attached hydrogen (secondary N) is 1. The van der Waals surface area contributed by atoms with E-state index in [0.717, 1.165) is 17.5 Å². The average molecular weight is 562 g/mol. The molecule has 1 amide bonds. The number of hydrogen-bond donors (Lipinski definition) is 1. The minimum absolute atomic E-state index is 0.0548. The molecule has 6 nitrogen and oxygen atoms in total. The van der Waals surface area contributed by atoms with Gasteiger partial charge in [0.25, 0.3) is 5.56 Å². The molecule has 0 bridgehead atoms. The summed E-state index contributed by atoms with van der Waals surface area (Å²) in [5.41, 5.74) is 3.90. The van der Waals surface area contributed by atoms with Gasteiger partial charge in [-0.05, 0) is 85.2 Å². The number of rotatable bonds is 6. The van der Waals surface area contributed by atoms with Crippen LogP contribution in [0.25, 0.3) is 16.9 Å². The predicted octanol–water partition coefficient (Wildman–Crippen LogP) is 6.30. The normalized spacial score (nSPS) is 18.3. The van der Waals surface area contributed by atoms with Crippen LogP contribution >= 0.6 is 11.6 Å². The molecule has 4 aromatic rings. The van der Waals surface area contributed by atoms with Crippen molar-refractivity contribution in [1.29, 1.82) is 0 Å². The van der Waals surface area contributed by atoms with Crippen molar-refractivity contribution in [2.24, 2.45) is 5.92 Å². The quantitative estimate of drug-likeness (QED) is 0.300. The molecule has 9 heteroatoms. The third kappa shape index (κ3) is 4.71. The molecule has 204 valence electrons. The van der Waals surface area contributed by atoms with E-state index in [1.165, 1.54) is 22.8 Å². The Morgan fingerprint density at radius 1 is 1.07 bits per heavy atom. The second-order valence-corrected chi connectivity index (χ2v) is 10.8. The third-order valence-corrected chi connectivity index (χ3v) is 8.09. The summed E-state index contributed by atoms with van der Waals surface area (Å²) in [7, 11) is 0. The fourth-order valence-electron chi connectivity index (χ4n) is 5.27. The first-order valence-corrected chi connectivity index (χ1v) is 13.4. The molecule has 1 N–H and O–H groups in total. The first-order valence-electron chi connectivity index (χ1n) is 13.0. The van der Waals surface area contributed by atoms with Gasteiger partial charge >= 0.3 is 0 Å². The van der Waals surface area contributed by atoms with Gasteiger partial charge in [0.15, 0.2) is 5.82 Å². The molecule has 0 radical (unpaired) electrons. The van der Waals surface area contributed by atoms with E-state index in [2.05, 4.69) is 10.3 Å². The first-order chi connectivity index (χ1) is 19.2. The van der Waals surface area contributed by atoms with Crippen LogP contribution in [0.4, 0.5) is 14.5 Å². The number of benzene rings is 2. The summed E-state index contributed by atoms with van der Waals surface area (Å²) in [6, 6.07) is 14.7. The minimum Gasteiger partial charge on any atom is -0.380 e. The van der Waals surface area contributed by atoms with Gasteiger partial charge in [-0.1, -0.05) is 29.8 Å². The topological polar surface area (TPSA) is 73.2 Å². The summed E-state index contributed by atoms with van der Waals surface area (Å²) in [6.45, 7) is 4.29. The van der Waals surface area contributed by atoms with Crippen molar-refractivity contribution in [1.82, 2.24) is 9.55 Å². The van der Waals surface area contributed by atoms with E-state index in [4.69, 9.17) is 16.3 Å². The molecule has 6 rings (SSSR count). The number of pyridine rings is 2. The number of amides is 1. The Hall–Kier alpha value is -3.88. The van der Waals surface area contributed by atoms with Crippen LogP contribution in [0, 0.1) is 31.4 Å². The zero-order valence-corrected chi connectivity index (χ0v) is 22.6. The maximum atomic E-state index is 15.5. The number of carbonyl (C=O) groups excluding carboxylic acids is 1. The van der Waals surface area contributed by atoms with Crippen molar-refractivity contribution in [3.8, 4) is 16.9 Å². The highest BCUT2D eigenvalue weighted by Crippen LogP contribution is 2.55. The molecule has 1 saturated carbocycles. The smallest absolute Gasteiger partial charge is 0.274 e. The van der Waals surface area contributed by atoms with Gasteiger partial charge in [-0.2, -0.15) is 0 Å². The Balaban J connectivity index is 1.33. The molecule has 2 aromatic carbocycles. The van der Waals surface area contributed by atoms with Crippen LogP contribution < -0.4 is 10.9 Å². The molecule has 2 atom stereocenters. The zero-order chi connectivity index (χ0) is 28.1. The molecule has 1 unspecified atom stereocenters. The van der Waals surface area contributed by atoms with Gasteiger partial charge in [0.05, 0.1) is 36.2 Å². The molecule has 2 fully saturated rings. The standard InChI is InChI=1S/C31H26ClF2N3O3/c1-16-13-35-26(21-4-3-5-25(29(21)34)36-30(38)19-14-40-15-19)12-27(16)37-17(2)10-24(28(32)31(37)39)23-11-22(23)18-6-8-20(33)9-7-18/h3-10,12-13,19,22-23H,11,14-15H2,1-2H3,(H,36,38)/t22?,23-/m1/s1. The highest BCUT2D eigenvalue weighted by Gasteiger charge is 2.41. The van der Waals surface area contributed by atoms with Crippen molar-refractivity contribution in [2.75, 3.05) is 18.5 Å². The van der Waals surface area contributed by atoms with E-state index in [1.807, 2.05) is 19.9 Å². The lowest BCUT2D eigenvalue weighted by atomic mass is 10.0. The highest BCUT2D eigenvalue weighted by molar-refractivity contribution is 6.31. The fraction of sp³-hybridized carbons (Fsp3) is 0.258. The maximum absolute atomic E-state index is 15.5. The second kappa shape index (κ2) is 10.3. The molecule has 3 heterocycles. The lowest BCUT2D eigenvalue weighted by molar-refractivity contribution is -0.133. The van der Waals surface area contributed by atoms with Gasteiger partial charge in [-0.25, -0.2) is 8.78 Å². The van der Waals surface area contributed by atoms with Gasteiger partial charge in [0.1, 0.15) is 10.8 Å². The van der Waals surface area contributed by atoms with Crippen LogP contribution in [-0.2, 0) is 9.53 Å². The Morgan fingerprint density at radius 2 is 1.82 bits per heavy atom. The van der Waals surface area contributed by atoms with Crippen molar-refractivity contribution < 1.29 is 18.3 Å². The Labute approximate surface area is 234 Å². The summed E-state index contributed by atoms with van der Waals surface area (Å²) in [6.07, 6.45) is 2.41. The number of aryl methyl sites for hydroxylation is 2. The van der Waals surface area contributed by atoms with E-state index < -0.39 is 5.82 Å². The molecule has 40 heavy (non-hydrogen) atoms. The third-order valence-electron chi connectivity index (χ3n) is 7.71. The van der Waals surface area contributed by atoms with Crippen molar-refractivity contribution >= 4 is 23.2 Å². The summed E-state index contributed by atoms with van der Waals surface area (Å²) in [4.78, 5) is 30.4. The number of halogens is 3. The summed E-state index contributed by atoms with van der Waals surface area (Å²) >= 11 is 6.66. The molecule has 2 aliphatic rings. The Bertz CT molecular complexity index is 1700. The summed E-state index contributed by atoms with van der Waals surface area (Å²) in [5, 5.41) is 2.77. The SMILES string of the molecule is Cc1cnc(-c2cccc(NC(=O)C3COC3)c2F)cc1-n1c(C)cc([C@@H]2CC2c2ccc(F)cc2)c(Cl)c1=O. The molecule has 2 aromatic heterocycles. The van der Waals surface area contributed by atoms with Crippen LogP contribution in [-0.4, -0.2) is 28.7 Å². The van der Waals surface area contributed by atoms with E-state index in [0.29, 0.717) is 35.9 Å². The number of anilines is 1. The van der Waals surface area contributed by atoms with Gasteiger partial charge in [0, 0.05) is 17.5 Å². The van der Waals surface area contributed by atoms with Crippen LogP contribution in [0.3, 0.4) is 0 Å². The number of hydrogen-bond acceptors (Lipinski definition) is 4. The van der Waals surface area contributed by atoms with E-state index in [9.17, 15) is 14.0 Å². The first kappa shape index (κ1) is 26.3. The maximum Gasteiger partial charge on any atom is 0.274 e. The number of carbonyl (C=O) groups is 1. The van der Waals surface area contributed by atoms with Crippen LogP contribution in [0.5, 0.6) is 0 Å². The fourth-order valence-corrected chi connectivity index (χ4v) is 5.55. The second-order valence-electron chi connectivity index (χ2n) is 10.4. The van der Waals surface area contributed by atoms with Crippen LogP contribution in [0.2, 0.25) is 5.02 Å².